The van der Waals surface area contributed by atoms with Gasteiger partial charge in [-0.15, -0.1) is 0 Å². The van der Waals surface area contributed by atoms with Gasteiger partial charge in [-0.25, -0.2) is 4.79 Å². The minimum Gasteiger partial charge on any atom is -0.447 e. The summed E-state index contributed by atoms with van der Waals surface area (Å²) in [5.41, 5.74) is 0.508. The fourth-order valence-electron chi connectivity index (χ4n) is 6.16. The predicted octanol–water partition coefficient (Wildman–Crippen LogP) is 3.85. The van der Waals surface area contributed by atoms with Crippen LogP contribution < -0.4 is 10.6 Å². The Kier molecular flexibility index (Phi) is 5.44. The van der Waals surface area contributed by atoms with E-state index in [2.05, 4.69) is 26.6 Å². The third-order valence-corrected chi connectivity index (χ3v) is 7.61. The molecule has 3 atom stereocenters. The summed E-state index contributed by atoms with van der Waals surface area (Å²) in [6.45, 7) is 0. The molecule has 4 bridgehead atoms. The normalized spacial score (nSPS) is 33.0. The van der Waals surface area contributed by atoms with E-state index < -0.39 is 18.0 Å². The van der Waals surface area contributed by atoms with Crippen molar-refractivity contribution in [1.82, 2.24) is 10.6 Å². The third kappa shape index (κ3) is 4.34. The maximum atomic E-state index is 13.0. The highest BCUT2D eigenvalue weighted by Crippen LogP contribution is 2.65. The van der Waals surface area contributed by atoms with E-state index in [1.54, 1.807) is 24.3 Å². The lowest BCUT2D eigenvalue weighted by atomic mass is 9.49. The molecule has 0 radical (unpaired) electrons. The zero-order valence-corrected chi connectivity index (χ0v) is 18.2. The molecule has 0 aliphatic heterocycles. The van der Waals surface area contributed by atoms with Crippen LogP contribution in [0.15, 0.2) is 30.3 Å². The Balaban J connectivity index is 1.48. The molecule has 4 saturated carbocycles. The molecule has 2 N–H and O–H groups in total. The van der Waals surface area contributed by atoms with Crippen LogP contribution in [0.5, 0.6) is 0 Å². The van der Waals surface area contributed by atoms with Gasteiger partial charge in [0.1, 0.15) is 0 Å². The molecule has 4 aliphatic carbocycles. The zero-order chi connectivity index (χ0) is 20.6. The average Bonchev–Trinajstić information content (AvgIpc) is 2.64. The highest BCUT2D eigenvalue weighted by atomic mass is 79.9. The molecule has 0 spiro atoms. The van der Waals surface area contributed by atoms with Crippen LogP contribution in [0.4, 0.5) is 4.79 Å². The number of hydrogen-bond acceptors (Lipinski definition) is 4. The minimum absolute atomic E-state index is 0.0385. The topological polar surface area (TPSA) is 84.5 Å². The summed E-state index contributed by atoms with van der Waals surface area (Å²) >= 11 is 3.97. The van der Waals surface area contributed by atoms with E-state index in [4.69, 9.17) is 4.74 Å². The number of benzene rings is 1. The number of amides is 3. The number of carbonyl (C=O) groups is 3. The second-order valence-corrected chi connectivity index (χ2v) is 10.8. The number of carbonyl (C=O) groups excluding carboxylic acids is 3. The van der Waals surface area contributed by atoms with Crippen molar-refractivity contribution in [2.45, 2.75) is 55.4 Å². The first-order valence-electron chi connectivity index (χ1n) is 10.3. The van der Waals surface area contributed by atoms with Gasteiger partial charge in [0.25, 0.3) is 5.91 Å². The third-order valence-electron chi connectivity index (χ3n) is 6.68. The molecule has 0 saturated heterocycles. The second kappa shape index (κ2) is 7.74. The monoisotopic (exact) mass is 462 g/mol. The zero-order valence-electron chi connectivity index (χ0n) is 16.6. The van der Waals surface area contributed by atoms with Crippen molar-refractivity contribution in [3.63, 3.8) is 0 Å². The largest absolute Gasteiger partial charge is 0.447 e. The summed E-state index contributed by atoms with van der Waals surface area (Å²) in [5, 5.41) is 4.57. The Morgan fingerprint density at radius 3 is 2.38 bits per heavy atom. The molecule has 5 rings (SSSR count). The van der Waals surface area contributed by atoms with Crippen molar-refractivity contribution < 1.29 is 19.1 Å². The molecule has 3 amide bonds. The van der Waals surface area contributed by atoms with Crippen LogP contribution in [-0.2, 0) is 14.3 Å². The van der Waals surface area contributed by atoms with Gasteiger partial charge in [-0.3, -0.25) is 14.9 Å². The van der Waals surface area contributed by atoms with E-state index >= 15 is 0 Å². The molecule has 1 aromatic rings. The molecular formula is C22H27BrN2O4. The van der Waals surface area contributed by atoms with Gasteiger partial charge in [-0.1, -0.05) is 46.3 Å². The van der Waals surface area contributed by atoms with Gasteiger partial charge in [0.2, 0.25) is 6.10 Å². The maximum absolute atomic E-state index is 13.0. The van der Waals surface area contributed by atoms with E-state index in [0.717, 1.165) is 19.3 Å². The number of esters is 1. The van der Waals surface area contributed by atoms with Crippen LogP contribution in [0.3, 0.4) is 0 Å². The summed E-state index contributed by atoms with van der Waals surface area (Å²) in [7, 11) is 1.43. The van der Waals surface area contributed by atoms with Crippen LogP contribution in [0.25, 0.3) is 0 Å². The lowest BCUT2D eigenvalue weighted by Crippen LogP contribution is -2.53. The first-order chi connectivity index (χ1) is 13.8. The van der Waals surface area contributed by atoms with Crippen LogP contribution >= 0.6 is 15.9 Å². The molecule has 4 aliphatic rings. The fourth-order valence-corrected chi connectivity index (χ4v) is 7.67. The van der Waals surface area contributed by atoms with E-state index in [1.165, 1.54) is 26.3 Å². The quantitative estimate of drug-likeness (QED) is 0.513. The van der Waals surface area contributed by atoms with Crippen molar-refractivity contribution in [2.75, 3.05) is 7.05 Å². The van der Waals surface area contributed by atoms with Crippen LogP contribution in [0.2, 0.25) is 0 Å². The number of nitrogens with one attached hydrogen (secondary N) is 2. The predicted molar refractivity (Wildman–Crippen MR) is 111 cm³/mol. The molecule has 0 aromatic heterocycles. The molecule has 1 aromatic carbocycles. The number of ether oxygens (including phenoxy) is 1. The molecular weight excluding hydrogens is 436 g/mol. The summed E-state index contributed by atoms with van der Waals surface area (Å²) in [6, 6.07) is 8.19. The van der Waals surface area contributed by atoms with Crippen LogP contribution in [-0.4, -0.2) is 29.3 Å². The van der Waals surface area contributed by atoms with E-state index in [-0.39, 0.29) is 15.7 Å². The highest BCUT2D eigenvalue weighted by Gasteiger charge is 2.57. The van der Waals surface area contributed by atoms with Gasteiger partial charge >= 0.3 is 12.0 Å². The molecule has 0 heterocycles. The van der Waals surface area contributed by atoms with Crippen molar-refractivity contribution in [3.8, 4) is 0 Å². The van der Waals surface area contributed by atoms with Crippen molar-refractivity contribution in [3.05, 3.63) is 35.9 Å². The maximum Gasteiger partial charge on any atom is 0.321 e. The first kappa shape index (κ1) is 20.4. The Hall–Kier alpha value is -1.89. The summed E-state index contributed by atoms with van der Waals surface area (Å²) < 4.78 is 5.83. The number of rotatable bonds is 5. The Bertz CT molecular complexity index is 798. The standard InChI is InChI=1S/C22H27BrN2O4/c1-24-20(28)25-19(27)18(16-5-3-2-4-6-16)29-17(26)12-21-8-14-7-15(9-21)11-22(23,10-14)13-21/h2-6,14-15,18H,7-13H2,1H3,(H2,24,25,27,28). The first-order valence-corrected chi connectivity index (χ1v) is 11.1. The van der Waals surface area contributed by atoms with Gasteiger partial charge in [0.05, 0.1) is 6.42 Å². The Morgan fingerprint density at radius 2 is 1.79 bits per heavy atom. The van der Waals surface area contributed by atoms with Crippen molar-refractivity contribution in [1.29, 1.82) is 0 Å². The minimum atomic E-state index is -1.15. The van der Waals surface area contributed by atoms with Crippen LogP contribution in [0.1, 0.15) is 56.6 Å². The Labute approximate surface area is 179 Å². The Morgan fingerprint density at radius 1 is 1.14 bits per heavy atom. The number of urea groups is 1. The van der Waals surface area contributed by atoms with Gasteiger partial charge in [0.15, 0.2) is 0 Å². The molecule has 156 valence electrons. The molecule has 6 nitrogen and oxygen atoms in total. The summed E-state index contributed by atoms with van der Waals surface area (Å²) in [5.74, 6) is 0.324. The van der Waals surface area contributed by atoms with E-state index in [0.29, 0.717) is 23.8 Å². The van der Waals surface area contributed by atoms with Crippen LogP contribution in [0, 0.1) is 17.3 Å². The molecule has 4 fully saturated rings. The summed E-state index contributed by atoms with van der Waals surface area (Å²) in [6.07, 6.45) is 5.95. The lowest BCUT2D eigenvalue weighted by molar-refractivity contribution is -0.161. The SMILES string of the molecule is CNC(=O)NC(=O)C(OC(=O)CC12CC3CC(CC(Br)(C3)C1)C2)c1ccccc1. The van der Waals surface area contributed by atoms with Gasteiger partial charge < -0.3 is 10.1 Å². The van der Waals surface area contributed by atoms with Gasteiger partial charge in [-0.05, 0) is 55.8 Å². The number of hydrogen-bond donors (Lipinski definition) is 2. The van der Waals surface area contributed by atoms with E-state index in [1.807, 2.05) is 6.07 Å². The van der Waals surface area contributed by atoms with Crippen molar-refractivity contribution >= 4 is 33.8 Å². The molecule has 3 unspecified atom stereocenters. The van der Waals surface area contributed by atoms with E-state index in [9.17, 15) is 14.4 Å². The fraction of sp³-hybridized carbons (Fsp3) is 0.591. The number of alkyl halides is 1. The number of halogens is 1. The number of imide groups is 1. The van der Waals surface area contributed by atoms with Crippen molar-refractivity contribution in [2.24, 2.45) is 17.3 Å². The van der Waals surface area contributed by atoms with Gasteiger partial charge in [-0.2, -0.15) is 0 Å². The molecule has 29 heavy (non-hydrogen) atoms. The average molecular weight is 463 g/mol. The summed E-state index contributed by atoms with van der Waals surface area (Å²) in [4.78, 5) is 37.2. The smallest absolute Gasteiger partial charge is 0.321 e. The molecule has 7 heteroatoms. The second-order valence-electron chi connectivity index (χ2n) is 9.14. The highest BCUT2D eigenvalue weighted by molar-refractivity contribution is 9.10. The lowest BCUT2D eigenvalue weighted by Gasteiger charge is -2.60. The van der Waals surface area contributed by atoms with Gasteiger partial charge in [0, 0.05) is 16.9 Å².